The van der Waals surface area contributed by atoms with Crippen LogP contribution in [0.15, 0.2) is 18.2 Å². The van der Waals surface area contributed by atoms with E-state index in [1.165, 1.54) is 12.1 Å². The van der Waals surface area contributed by atoms with Crippen LogP contribution in [0.4, 0.5) is 5.69 Å². The number of nitro benzene ring substituents is 1. The molecule has 0 aliphatic carbocycles. The molecular weight excluding hydrogens is 208 g/mol. The highest BCUT2D eigenvalue weighted by Crippen LogP contribution is 2.33. The number of nitrogens with zero attached hydrogens (tertiary/aromatic N) is 1. The van der Waals surface area contributed by atoms with Gasteiger partial charge in [0.2, 0.25) is 0 Å². The second-order valence-corrected chi connectivity index (χ2v) is 3.87. The van der Waals surface area contributed by atoms with Crippen molar-refractivity contribution in [1.82, 2.24) is 5.32 Å². The van der Waals surface area contributed by atoms with Crippen LogP contribution >= 0.6 is 0 Å². The second kappa shape index (κ2) is 4.49. The number of hydrogen-bond acceptors (Lipinski definition) is 4. The molecule has 1 atom stereocenters. The maximum Gasteiger partial charge on any atom is 0.273 e. The third kappa shape index (κ3) is 1.99. The number of nitrogens with one attached hydrogen (secondary N) is 1. The average Bonchev–Trinajstić information content (AvgIpc) is 2.81. The van der Waals surface area contributed by atoms with Crippen LogP contribution in [0.25, 0.3) is 0 Å². The molecule has 1 aromatic rings. The standard InChI is InChI=1S/C11H14N2O3/c1-16-11-6-9(13(14)15)2-3-10(11)8-4-5-12-7-8/h2-3,6,8,12H,4-5,7H2,1H3. The first kappa shape index (κ1) is 10.9. The Balaban J connectivity index is 2.34. The molecule has 0 aromatic heterocycles. The fourth-order valence-corrected chi connectivity index (χ4v) is 2.07. The first-order valence-electron chi connectivity index (χ1n) is 5.25. The summed E-state index contributed by atoms with van der Waals surface area (Å²) in [6.07, 6.45) is 1.05. The highest BCUT2D eigenvalue weighted by atomic mass is 16.6. The monoisotopic (exact) mass is 222 g/mol. The fraction of sp³-hybridized carbons (Fsp3) is 0.455. The summed E-state index contributed by atoms with van der Waals surface area (Å²) in [7, 11) is 1.55. The quantitative estimate of drug-likeness (QED) is 0.624. The van der Waals surface area contributed by atoms with Gasteiger partial charge in [0.25, 0.3) is 5.69 Å². The lowest BCUT2D eigenvalue weighted by molar-refractivity contribution is -0.384. The van der Waals surface area contributed by atoms with Gasteiger partial charge in [0.1, 0.15) is 5.75 Å². The maximum atomic E-state index is 10.6. The van der Waals surface area contributed by atoms with E-state index < -0.39 is 4.92 Å². The van der Waals surface area contributed by atoms with Gasteiger partial charge >= 0.3 is 0 Å². The van der Waals surface area contributed by atoms with Crippen LogP contribution in [-0.4, -0.2) is 25.1 Å². The van der Waals surface area contributed by atoms with Crippen LogP contribution < -0.4 is 10.1 Å². The number of methoxy groups -OCH3 is 1. The summed E-state index contributed by atoms with van der Waals surface area (Å²) in [5.41, 5.74) is 1.13. The van der Waals surface area contributed by atoms with Gasteiger partial charge in [-0.3, -0.25) is 10.1 Å². The Morgan fingerprint density at radius 1 is 1.56 bits per heavy atom. The van der Waals surface area contributed by atoms with Gasteiger partial charge in [0.15, 0.2) is 0 Å². The molecule has 2 rings (SSSR count). The third-order valence-corrected chi connectivity index (χ3v) is 2.93. The predicted octanol–water partition coefficient (Wildman–Crippen LogP) is 1.68. The molecule has 1 aromatic carbocycles. The summed E-state index contributed by atoms with van der Waals surface area (Å²) in [5.74, 6) is 1.01. The van der Waals surface area contributed by atoms with Crippen molar-refractivity contribution < 1.29 is 9.66 Å². The van der Waals surface area contributed by atoms with E-state index in [0.29, 0.717) is 11.7 Å². The molecule has 0 radical (unpaired) electrons. The Morgan fingerprint density at radius 2 is 2.38 bits per heavy atom. The zero-order valence-corrected chi connectivity index (χ0v) is 9.10. The van der Waals surface area contributed by atoms with Gasteiger partial charge in [-0.05, 0) is 24.6 Å². The Bertz CT molecular complexity index is 400. The van der Waals surface area contributed by atoms with Gasteiger partial charge in [-0.1, -0.05) is 0 Å². The SMILES string of the molecule is COc1cc([N+](=O)[O-])ccc1C1CCNC1. The lowest BCUT2D eigenvalue weighted by atomic mass is 9.97. The van der Waals surface area contributed by atoms with Crippen molar-refractivity contribution in [3.8, 4) is 5.75 Å². The van der Waals surface area contributed by atoms with E-state index in [1.54, 1.807) is 13.2 Å². The van der Waals surface area contributed by atoms with Crippen molar-refractivity contribution in [1.29, 1.82) is 0 Å². The molecule has 1 unspecified atom stereocenters. The van der Waals surface area contributed by atoms with Crippen LogP contribution in [0, 0.1) is 10.1 Å². The molecule has 1 saturated heterocycles. The van der Waals surface area contributed by atoms with Gasteiger partial charge in [-0.15, -0.1) is 0 Å². The average molecular weight is 222 g/mol. The van der Waals surface area contributed by atoms with E-state index in [0.717, 1.165) is 25.1 Å². The van der Waals surface area contributed by atoms with E-state index in [4.69, 9.17) is 4.74 Å². The molecule has 0 spiro atoms. The van der Waals surface area contributed by atoms with E-state index in [9.17, 15) is 10.1 Å². The van der Waals surface area contributed by atoms with Gasteiger partial charge < -0.3 is 10.1 Å². The molecule has 1 aliphatic heterocycles. The number of ether oxygens (including phenoxy) is 1. The van der Waals surface area contributed by atoms with E-state index in [1.807, 2.05) is 0 Å². The molecule has 1 N–H and O–H groups in total. The molecule has 0 saturated carbocycles. The van der Waals surface area contributed by atoms with Gasteiger partial charge in [-0.2, -0.15) is 0 Å². The smallest absolute Gasteiger partial charge is 0.273 e. The van der Waals surface area contributed by atoms with Crippen molar-refractivity contribution >= 4 is 5.69 Å². The van der Waals surface area contributed by atoms with Gasteiger partial charge in [0.05, 0.1) is 18.1 Å². The number of hydrogen-bond donors (Lipinski definition) is 1. The summed E-state index contributed by atoms with van der Waals surface area (Å²) < 4.78 is 5.22. The van der Waals surface area contributed by atoms with Crippen LogP contribution in [0.3, 0.4) is 0 Å². The largest absolute Gasteiger partial charge is 0.496 e. The molecule has 0 amide bonds. The summed E-state index contributed by atoms with van der Waals surface area (Å²) in [6.45, 7) is 1.90. The highest BCUT2D eigenvalue weighted by molar-refractivity contribution is 5.46. The van der Waals surface area contributed by atoms with Crippen molar-refractivity contribution in [3.05, 3.63) is 33.9 Å². The summed E-state index contributed by atoms with van der Waals surface area (Å²) in [5, 5.41) is 13.9. The zero-order chi connectivity index (χ0) is 11.5. The van der Waals surface area contributed by atoms with E-state index in [-0.39, 0.29) is 5.69 Å². The molecule has 0 bridgehead atoms. The zero-order valence-electron chi connectivity index (χ0n) is 9.10. The first-order valence-corrected chi connectivity index (χ1v) is 5.25. The maximum absolute atomic E-state index is 10.6. The molecule has 5 nitrogen and oxygen atoms in total. The Labute approximate surface area is 93.6 Å². The summed E-state index contributed by atoms with van der Waals surface area (Å²) in [6, 6.07) is 4.83. The van der Waals surface area contributed by atoms with Crippen LogP contribution in [0.5, 0.6) is 5.75 Å². The van der Waals surface area contributed by atoms with Crippen molar-refractivity contribution in [3.63, 3.8) is 0 Å². The lowest BCUT2D eigenvalue weighted by Crippen LogP contribution is -2.08. The highest BCUT2D eigenvalue weighted by Gasteiger charge is 2.21. The van der Waals surface area contributed by atoms with Crippen LogP contribution in [0.2, 0.25) is 0 Å². The predicted molar refractivity (Wildman–Crippen MR) is 59.9 cm³/mol. The van der Waals surface area contributed by atoms with Gasteiger partial charge in [0, 0.05) is 18.5 Å². The summed E-state index contributed by atoms with van der Waals surface area (Å²) >= 11 is 0. The molecule has 1 heterocycles. The van der Waals surface area contributed by atoms with Crippen molar-refractivity contribution in [2.24, 2.45) is 0 Å². The molecular formula is C11H14N2O3. The van der Waals surface area contributed by atoms with E-state index in [2.05, 4.69) is 5.32 Å². The minimum atomic E-state index is -0.404. The molecule has 1 fully saturated rings. The first-order chi connectivity index (χ1) is 7.72. The Kier molecular flexibility index (Phi) is 3.05. The molecule has 86 valence electrons. The van der Waals surface area contributed by atoms with Crippen LogP contribution in [0.1, 0.15) is 17.9 Å². The van der Waals surface area contributed by atoms with Gasteiger partial charge in [-0.25, -0.2) is 0 Å². The second-order valence-electron chi connectivity index (χ2n) is 3.87. The van der Waals surface area contributed by atoms with Crippen LogP contribution in [-0.2, 0) is 0 Å². The molecule has 16 heavy (non-hydrogen) atoms. The van der Waals surface area contributed by atoms with Crippen molar-refractivity contribution in [2.75, 3.05) is 20.2 Å². The normalized spacial score (nSPS) is 19.7. The Morgan fingerprint density at radius 3 is 2.94 bits per heavy atom. The van der Waals surface area contributed by atoms with E-state index >= 15 is 0 Å². The molecule has 5 heteroatoms. The number of non-ortho nitro benzene ring substituents is 1. The Hall–Kier alpha value is -1.62. The third-order valence-electron chi connectivity index (χ3n) is 2.93. The van der Waals surface area contributed by atoms with Crippen molar-refractivity contribution in [2.45, 2.75) is 12.3 Å². The number of nitro groups is 1. The lowest BCUT2D eigenvalue weighted by Gasteiger charge is -2.13. The molecule has 1 aliphatic rings. The minimum Gasteiger partial charge on any atom is -0.496 e. The fourth-order valence-electron chi connectivity index (χ4n) is 2.07. The summed E-state index contributed by atoms with van der Waals surface area (Å²) in [4.78, 5) is 10.2. The number of rotatable bonds is 3. The topological polar surface area (TPSA) is 64.4 Å². The number of benzene rings is 1. The minimum absolute atomic E-state index is 0.0755.